The molecule has 2 aromatic rings. The fourth-order valence-electron chi connectivity index (χ4n) is 1.93. The van der Waals surface area contributed by atoms with E-state index in [1.54, 1.807) is 4.57 Å². The van der Waals surface area contributed by atoms with Gasteiger partial charge in [-0.25, -0.2) is 14.9 Å². The van der Waals surface area contributed by atoms with E-state index < -0.39 is 0 Å². The zero-order valence-corrected chi connectivity index (χ0v) is 13.2. The lowest BCUT2D eigenvalue weighted by atomic mass is 10.1. The van der Waals surface area contributed by atoms with Gasteiger partial charge in [-0.2, -0.15) is 0 Å². The van der Waals surface area contributed by atoms with Crippen LogP contribution in [0.25, 0.3) is 0 Å². The maximum absolute atomic E-state index is 11.6. The highest BCUT2D eigenvalue weighted by molar-refractivity contribution is 7.99. The Morgan fingerprint density at radius 3 is 2.86 bits per heavy atom. The van der Waals surface area contributed by atoms with Crippen molar-refractivity contribution in [3.8, 4) is 0 Å². The summed E-state index contributed by atoms with van der Waals surface area (Å²) in [5.41, 5.74) is 6.89. The minimum Gasteiger partial charge on any atom is -0.327 e. The van der Waals surface area contributed by atoms with Crippen LogP contribution >= 0.6 is 11.8 Å². The highest BCUT2D eigenvalue weighted by atomic mass is 32.2. The number of H-pyrrole nitrogens is 1. The minimum atomic E-state index is -0.176. The Balaban J connectivity index is 2.08. The molecule has 0 aliphatic carbocycles. The molecule has 0 aromatic carbocycles. The van der Waals surface area contributed by atoms with E-state index in [4.69, 9.17) is 5.73 Å². The quantitative estimate of drug-likeness (QED) is 0.814. The van der Waals surface area contributed by atoms with E-state index in [2.05, 4.69) is 22.1 Å². The summed E-state index contributed by atoms with van der Waals surface area (Å²) in [4.78, 5) is 16.0. The zero-order chi connectivity index (χ0) is 15.2. The van der Waals surface area contributed by atoms with Crippen molar-refractivity contribution in [2.24, 2.45) is 5.73 Å². The average molecular weight is 307 g/mol. The Bertz CT molecular complexity index is 619. The summed E-state index contributed by atoms with van der Waals surface area (Å²) in [6.07, 6.45) is 4.51. The molecule has 3 N–H and O–H groups in total. The number of hydrogen-bond acceptors (Lipinski definition) is 5. The van der Waals surface area contributed by atoms with Crippen molar-refractivity contribution in [3.05, 3.63) is 34.4 Å². The van der Waals surface area contributed by atoms with Crippen LogP contribution in [0.2, 0.25) is 0 Å². The Morgan fingerprint density at radius 1 is 1.43 bits per heavy atom. The lowest BCUT2D eigenvalue weighted by molar-refractivity contribution is 0.603. The molecule has 0 bridgehead atoms. The molecule has 2 rings (SSSR count). The molecule has 2 heterocycles. The third kappa shape index (κ3) is 4.18. The van der Waals surface area contributed by atoms with Gasteiger partial charge >= 0.3 is 5.69 Å². The average Bonchev–Trinajstić information content (AvgIpc) is 2.82. The second kappa shape index (κ2) is 7.42. The SMILES string of the molecule is CCCn1c(Sc2ccc(CC(N)CC)cn2)n[nH]c1=O. The first-order valence-corrected chi connectivity index (χ1v) is 7.99. The molecular formula is C14H21N5OS. The minimum absolute atomic E-state index is 0.173. The molecule has 0 saturated carbocycles. The Kier molecular flexibility index (Phi) is 5.58. The third-order valence-corrected chi connectivity index (χ3v) is 4.13. The van der Waals surface area contributed by atoms with Crippen molar-refractivity contribution in [1.29, 1.82) is 0 Å². The Hall–Kier alpha value is -1.60. The molecule has 0 aliphatic rings. The number of aromatic amines is 1. The van der Waals surface area contributed by atoms with Gasteiger partial charge in [-0.05, 0) is 42.7 Å². The maximum atomic E-state index is 11.6. The van der Waals surface area contributed by atoms with Crippen LogP contribution in [0.4, 0.5) is 0 Å². The van der Waals surface area contributed by atoms with Crippen LogP contribution < -0.4 is 11.4 Å². The molecule has 0 saturated heterocycles. The van der Waals surface area contributed by atoms with Gasteiger partial charge in [0.1, 0.15) is 5.03 Å². The number of rotatable bonds is 7. The van der Waals surface area contributed by atoms with Gasteiger partial charge in [-0.15, -0.1) is 5.10 Å². The fourth-order valence-corrected chi connectivity index (χ4v) is 2.74. The fraction of sp³-hybridized carbons (Fsp3) is 0.500. The second-order valence-corrected chi connectivity index (χ2v) is 5.93. The van der Waals surface area contributed by atoms with Crippen LogP contribution in [-0.2, 0) is 13.0 Å². The molecule has 0 radical (unpaired) electrons. The van der Waals surface area contributed by atoms with Crippen molar-refractivity contribution in [2.75, 3.05) is 0 Å². The molecule has 1 atom stereocenters. The van der Waals surface area contributed by atoms with Crippen molar-refractivity contribution >= 4 is 11.8 Å². The summed E-state index contributed by atoms with van der Waals surface area (Å²) in [7, 11) is 0. The lowest BCUT2D eigenvalue weighted by Gasteiger charge is -2.08. The van der Waals surface area contributed by atoms with E-state index in [9.17, 15) is 4.79 Å². The summed E-state index contributed by atoms with van der Waals surface area (Å²) < 4.78 is 1.63. The van der Waals surface area contributed by atoms with Crippen LogP contribution in [0.5, 0.6) is 0 Å². The van der Waals surface area contributed by atoms with Gasteiger partial charge in [0.2, 0.25) is 0 Å². The van der Waals surface area contributed by atoms with Crippen LogP contribution in [0.3, 0.4) is 0 Å². The largest absolute Gasteiger partial charge is 0.343 e. The number of nitrogens with two attached hydrogens (primary N) is 1. The molecule has 0 spiro atoms. The molecule has 1 unspecified atom stereocenters. The topological polar surface area (TPSA) is 89.6 Å². The van der Waals surface area contributed by atoms with Gasteiger partial charge in [0.05, 0.1) is 0 Å². The van der Waals surface area contributed by atoms with Gasteiger partial charge in [0, 0.05) is 18.8 Å². The van der Waals surface area contributed by atoms with Gasteiger partial charge in [-0.3, -0.25) is 4.57 Å². The van der Waals surface area contributed by atoms with Crippen molar-refractivity contribution in [1.82, 2.24) is 19.7 Å². The molecule has 21 heavy (non-hydrogen) atoms. The van der Waals surface area contributed by atoms with Gasteiger partial charge in [0.25, 0.3) is 0 Å². The number of aromatic nitrogens is 4. The summed E-state index contributed by atoms with van der Waals surface area (Å²) in [6, 6.07) is 4.14. The Morgan fingerprint density at radius 2 is 2.24 bits per heavy atom. The summed E-state index contributed by atoms with van der Waals surface area (Å²) in [5, 5.41) is 7.99. The van der Waals surface area contributed by atoms with Crippen LogP contribution in [-0.4, -0.2) is 25.8 Å². The Labute approximate surface area is 128 Å². The smallest absolute Gasteiger partial charge is 0.327 e. The monoisotopic (exact) mass is 307 g/mol. The van der Waals surface area contributed by atoms with E-state index in [-0.39, 0.29) is 11.7 Å². The molecule has 0 aliphatic heterocycles. The lowest BCUT2D eigenvalue weighted by Crippen LogP contribution is -2.21. The van der Waals surface area contributed by atoms with Crippen molar-refractivity contribution in [3.63, 3.8) is 0 Å². The third-order valence-electron chi connectivity index (χ3n) is 3.19. The summed E-state index contributed by atoms with van der Waals surface area (Å²) in [6.45, 7) is 4.76. The first-order valence-electron chi connectivity index (χ1n) is 7.17. The summed E-state index contributed by atoms with van der Waals surface area (Å²) in [5.74, 6) is 0. The normalized spacial score (nSPS) is 12.5. The van der Waals surface area contributed by atoms with E-state index >= 15 is 0 Å². The van der Waals surface area contributed by atoms with E-state index in [0.717, 1.165) is 29.9 Å². The molecule has 0 amide bonds. The predicted molar refractivity (Wildman–Crippen MR) is 83.5 cm³/mol. The molecule has 6 nitrogen and oxygen atoms in total. The predicted octanol–water partition coefficient (Wildman–Crippen LogP) is 1.81. The van der Waals surface area contributed by atoms with Crippen LogP contribution in [0, 0.1) is 0 Å². The molecular weight excluding hydrogens is 286 g/mol. The standard InChI is InChI=1S/C14H21N5OS/c1-3-7-19-13(20)17-18-14(19)21-12-6-5-10(9-16-12)8-11(15)4-2/h5-6,9,11H,3-4,7-8,15H2,1-2H3,(H,17,20). The second-order valence-electron chi connectivity index (χ2n) is 4.94. The van der Waals surface area contributed by atoms with Crippen molar-refractivity contribution < 1.29 is 0 Å². The first-order chi connectivity index (χ1) is 10.1. The number of pyridine rings is 1. The highest BCUT2D eigenvalue weighted by Gasteiger charge is 2.10. The van der Waals surface area contributed by atoms with E-state index in [1.807, 2.05) is 25.3 Å². The van der Waals surface area contributed by atoms with Crippen molar-refractivity contribution in [2.45, 2.75) is 55.9 Å². The van der Waals surface area contributed by atoms with E-state index in [0.29, 0.717) is 11.7 Å². The highest BCUT2D eigenvalue weighted by Crippen LogP contribution is 2.23. The molecule has 2 aromatic heterocycles. The molecule has 0 fully saturated rings. The number of nitrogens with zero attached hydrogens (tertiary/aromatic N) is 3. The zero-order valence-electron chi connectivity index (χ0n) is 12.4. The number of nitrogens with one attached hydrogen (secondary N) is 1. The maximum Gasteiger partial charge on any atom is 0.343 e. The first kappa shape index (κ1) is 15.8. The molecule has 7 heteroatoms. The van der Waals surface area contributed by atoms with Gasteiger partial charge in [-0.1, -0.05) is 19.9 Å². The summed E-state index contributed by atoms with van der Waals surface area (Å²) >= 11 is 1.39. The van der Waals surface area contributed by atoms with E-state index in [1.165, 1.54) is 11.8 Å². The molecule has 114 valence electrons. The van der Waals surface area contributed by atoms with Gasteiger partial charge < -0.3 is 5.73 Å². The van der Waals surface area contributed by atoms with Crippen LogP contribution in [0.1, 0.15) is 32.3 Å². The van der Waals surface area contributed by atoms with Crippen LogP contribution in [0.15, 0.2) is 33.3 Å². The number of hydrogen-bond donors (Lipinski definition) is 2. The van der Waals surface area contributed by atoms with Gasteiger partial charge in [0.15, 0.2) is 5.16 Å².